The van der Waals surface area contributed by atoms with Crippen LogP contribution < -0.4 is 14.6 Å². The Bertz CT molecular complexity index is 1490. The van der Waals surface area contributed by atoms with Gasteiger partial charge < -0.3 is 9.64 Å². The maximum absolute atomic E-state index is 13.4. The molecule has 1 N–H and O–H groups in total. The minimum absolute atomic E-state index is 0.252. The molecule has 0 saturated carbocycles. The first kappa shape index (κ1) is 28.7. The van der Waals surface area contributed by atoms with Gasteiger partial charge in [0.05, 0.1) is 20.6 Å². The number of carbonyl (C=O) groups excluding carboxylic acids is 1. The number of anilines is 1. The number of carbonyl (C=O) groups is 1. The highest BCUT2D eigenvalue weighted by Gasteiger charge is 2.45. The molecule has 39 heavy (non-hydrogen) atoms. The molecular formula is C26H25F6N2O4S+. The molecule has 0 atom stereocenters. The molecule has 13 heteroatoms. The minimum atomic E-state index is -5.17. The van der Waals surface area contributed by atoms with Crippen molar-refractivity contribution >= 4 is 32.3 Å². The largest absolute Gasteiger partial charge is 0.491 e. The van der Waals surface area contributed by atoms with Crippen LogP contribution in [0.3, 0.4) is 0 Å². The van der Waals surface area contributed by atoms with E-state index in [0.29, 0.717) is 43.1 Å². The first-order chi connectivity index (χ1) is 18.0. The number of aromatic nitrogens is 1. The number of hydrogen-bond donors (Lipinski definition) is 0. The lowest BCUT2D eigenvalue weighted by molar-refractivity contribution is -0.390. The average Bonchev–Trinajstić information content (AvgIpc) is 2.87. The molecular weight excluding hydrogens is 550 g/mol. The van der Waals surface area contributed by atoms with Gasteiger partial charge in [-0.1, -0.05) is 12.1 Å². The third-order valence-electron chi connectivity index (χ3n) is 7.20. The van der Waals surface area contributed by atoms with Gasteiger partial charge >= 0.3 is 24.2 Å². The van der Waals surface area contributed by atoms with Gasteiger partial charge in [-0.2, -0.15) is 31.3 Å². The van der Waals surface area contributed by atoms with Gasteiger partial charge in [-0.05, 0) is 62.9 Å². The topological polar surface area (TPSA) is 77.8 Å². The molecule has 1 fully saturated rings. The highest BCUT2D eigenvalue weighted by atomic mass is 32.2. The summed E-state index contributed by atoms with van der Waals surface area (Å²) in [5.74, 6) is -3.10. The molecule has 210 valence electrons. The Morgan fingerprint density at radius 2 is 1.59 bits per heavy atom. The Labute approximate surface area is 220 Å². The molecule has 0 aliphatic carbocycles. The van der Waals surface area contributed by atoms with Gasteiger partial charge in [-0.3, -0.25) is 0 Å². The third-order valence-corrected chi connectivity index (χ3v) is 9.79. The van der Waals surface area contributed by atoms with Gasteiger partial charge in [0.1, 0.15) is 0 Å². The van der Waals surface area contributed by atoms with E-state index in [9.17, 15) is 39.6 Å². The standard InChI is InChI=1S/C26H24F6N2O4S/c1-24(2,39(36,37)18-6-3-5-17(15-18)25(27,28)29)16-10-13-34(14-11-16)21-8-4-7-20-19(21)9-12-33-22(20)38-23(35)26(30,31)32/h3-9,12,15-16H,10-11,13-14H2,1-2H3/p+1. The predicted octanol–water partition coefficient (Wildman–Crippen LogP) is 5.61. The number of piperidine rings is 1. The van der Waals surface area contributed by atoms with Crippen LogP contribution >= 0.6 is 0 Å². The van der Waals surface area contributed by atoms with Crippen molar-refractivity contribution in [1.29, 1.82) is 0 Å². The number of benzene rings is 2. The van der Waals surface area contributed by atoms with Gasteiger partial charge in [-0.25, -0.2) is 13.2 Å². The first-order valence-electron chi connectivity index (χ1n) is 11.9. The van der Waals surface area contributed by atoms with E-state index in [0.717, 1.165) is 18.2 Å². The minimum Gasteiger partial charge on any atom is -0.371 e. The van der Waals surface area contributed by atoms with Crippen molar-refractivity contribution in [2.75, 3.05) is 18.0 Å². The van der Waals surface area contributed by atoms with Crippen LogP contribution in [0, 0.1) is 5.92 Å². The van der Waals surface area contributed by atoms with Gasteiger partial charge in [0, 0.05) is 30.2 Å². The van der Waals surface area contributed by atoms with Crippen LogP contribution in [0.1, 0.15) is 32.3 Å². The first-order valence-corrected chi connectivity index (χ1v) is 13.4. The number of pyridine rings is 1. The molecule has 1 saturated heterocycles. The fraction of sp³-hybridized carbons (Fsp3) is 0.385. The highest BCUT2D eigenvalue weighted by Crippen LogP contribution is 2.41. The van der Waals surface area contributed by atoms with Crippen LogP contribution in [0.15, 0.2) is 59.6 Å². The molecule has 0 bridgehead atoms. The lowest BCUT2D eigenvalue weighted by atomic mass is 9.85. The quantitative estimate of drug-likeness (QED) is 0.292. The molecule has 0 amide bonds. The zero-order valence-corrected chi connectivity index (χ0v) is 21.7. The number of rotatable bonds is 5. The summed E-state index contributed by atoms with van der Waals surface area (Å²) < 4.78 is 108. The van der Waals surface area contributed by atoms with E-state index in [2.05, 4.69) is 9.72 Å². The van der Waals surface area contributed by atoms with Gasteiger partial charge in [0.2, 0.25) is 0 Å². The second-order valence-corrected chi connectivity index (χ2v) is 12.4. The van der Waals surface area contributed by atoms with Crippen molar-refractivity contribution in [3.05, 3.63) is 60.3 Å². The van der Waals surface area contributed by atoms with Crippen molar-refractivity contribution in [3.8, 4) is 5.88 Å². The second kappa shape index (κ2) is 10.00. The second-order valence-electron chi connectivity index (χ2n) is 9.83. The Kier molecular flexibility index (Phi) is 7.34. The van der Waals surface area contributed by atoms with Gasteiger partial charge in [-0.15, -0.1) is 0 Å². The lowest BCUT2D eigenvalue weighted by Crippen LogP contribution is -2.46. The molecule has 4 rings (SSSR count). The van der Waals surface area contributed by atoms with E-state index < -0.39 is 43.4 Å². The number of sulfone groups is 1. The van der Waals surface area contributed by atoms with Crippen LogP contribution in [0.5, 0.6) is 5.88 Å². The zero-order valence-electron chi connectivity index (χ0n) is 20.9. The molecule has 2 aromatic carbocycles. The Hall–Kier alpha value is -3.35. The number of H-pyrrole nitrogens is 1. The van der Waals surface area contributed by atoms with E-state index in [1.807, 2.05) is 4.90 Å². The number of nitrogens with zero attached hydrogens (tertiary/aromatic N) is 1. The highest BCUT2D eigenvalue weighted by molar-refractivity contribution is 7.92. The van der Waals surface area contributed by atoms with Crippen LogP contribution in [-0.4, -0.2) is 38.4 Å². The molecule has 1 aliphatic heterocycles. The van der Waals surface area contributed by atoms with Crippen molar-refractivity contribution in [1.82, 2.24) is 0 Å². The summed E-state index contributed by atoms with van der Waals surface area (Å²) in [6, 6.07) is 10.2. The van der Waals surface area contributed by atoms with Gasteiger partial charge in [0.25, 0.3) is 0 Å². The maximum atomic E-state index is 13.4. The Morgan fingerprint density at radius 1 is 0.949 bits per heavy atom. The van der Waals surface area contributed by atoms with Crippen LogP contribution in [-0.2, 0) is 20.8 Å². The number of alkyl halides is 6. The monoisotopic (exact) mass is 575 g/mol. The number of ether oxygens (including phenoxy) is 1. The van der Waals surface area contributed by atoms with Crippen LogP contribution in [0.4, 0.5) is 32.0 Å². The Balaban J connectivity index is 1.56. The summed E-state index contributed by atoms with van der Waals surface area (Å²) in [7, 11) is -4.13. The van der Waals surface area contributed by atoms with Crippen molar-refractivity contribution in [2.24, 2.45) is 5.92 Å². The number of halogens is 6. The number of fused-ring (bicyclic) bond motifs is 1. The number of aromatic amines is 1. The number of esters is 1. The lowest BCUT2D eigenvalue weighted by Gasteiger charge is -2.41. The van der Waals surface area contributed by atoms with Crippen LogP contribution in [0.2, 0.25) is 0 Å². The Morgan fingerprint density at radius 3 is 2.21 bits per heavy atom. The molecule has 0 unspecified atom stereocenters. The molecule has 6 nitrogen and oxygen atoms in total. The summed E-state index contributed by atoms with van der Waals surface area (Å²) in [6.07, 6.45) is -7.70. The van der Waals surface area contributed by atoms with Crippen molar-refractivity contribution in [3.63, 3.8) is 0 Å². The van der Waals surface area contributed by atoms with Gasteiger partial charge in [0.15, 0.2) is 16.0 Å². The summed E-state index contributed by atoms with van der Waals surface area (Å²) in [5, 5.41) is 0.776. The van der Waals surface area contributed by atoms with Crippen LogP contribution in [0.25, 0.3) is 10.8 Å². The molecule has 0 radical (unpaired) electrons. The maximum Gasteiger partial charge on any atom is 0.491 e. The molecule has 1 aliphatic rings. The summed E-state index contributed by atoms with van der Waals surface area (Å²) in [5.41, 5.74) is -0.384. The summed E-state index contributed by atoms with van der Waals surface area (Å²) in [4.78, 5) is 15.4. The molecule has 3 aromatic rings. The number of hydrogen-bond acceptors (Lipinski definition) is 5. The zero-order chi connectivity index (χ0) is 28.8. The fourth-order valence-electron chi connectivity index (χ4n) is 4.89. The average molecular weight is 576 g/mol. The molecule has 0 spiro atoms. The SMILES string of the molecule is CC(C)(C1CCN(c2cccc3c(OC(=O)C(F)(F)F)[nH+]ccc23)CC1)S(=O)(=O)c1cccc(C(F)(F)F)c1. The van der Waals surface area contributed by atoms with E-state index in [-0.39, 0.29) is 17.2 Å². The van der Waals surface area contributed by atoms with Crippen molar-refractivity contribution in [2.45, 2.75) is 48.7 Å². The normalized spacial score (nSPS) is 15.9. The summed E-state index contributed by atoms with van der Waals surface area (Å²) in [6.45, 7) is 3.80. The van der Waals surface area contributed by atoms with E-state index in [1.165, 1.54) is 26.1 Å². The fourth-order valence-corrected chi connectivity index (χ4v) is 6.72. The van der Waals surface area contributed by atoms with E-state index in [1.54, 1.807) is 18.2 Å². The van der Waals surface area contributed by atoms with E-state index in [4.69, 9.17) is 0 Å². The van der Waals surface area contributed by atoms with E-state index >= 15 is 0 Å². The molecule has 2 heterocycles. The van der Waals surface area contributed by atoms with Crippen molar-refractivity contribution < 1.29 is 49.3 Å². The molecule has 1 aromatic heterocycles. The third kappa shape index (κ3) is 5.54. The number of nitrogens with one attached hydrogen (secondary N) is 1. The smallest absolute Gasteiger partial charge is 0.371 e. The predicted molar refractivity (Wildman–Crippen MR) is 130 cm³/mol. The summed E-state index contributed by atoms with van der Waals surface area (Å²) >= 11 is 0.